The van der Waals surface area contributed by atoms with Crippen LogP contribution in [0.5, 0.6) is 0 Å². The van der Waals surface area contributed by atoms with Crippen LogP contribution in [0.25, 0.3) is 0 Å². The van der Waals surface area contributed by atoms with Crippen LogP contribution in [-0.2, 0) is 19.4 Å². The first-order chi connectivity index (χ1) is 7.16. The Hall–Kier alpha value is -1.23. The van der Waals surface area contributed by atoms with E-state index >= 15 is 0 Å². The molecule has 15 heavy (non-hydrogen) atoms. The quantitative estimate of drug-likeness (QED) is 0.547. The van der Waals surface area contributed by atoms with Crippen molar-refractivity contribution in [2.45, 2.75) is 25.8 Å². The van der Waals surface area contributed by atoms with Crippen LogP contribution in [0, 0.1) is 0 Å². The Bertz CT molecular complexity index is 503. The molecule has 0 radical (unpaired) electrons. The molecule has 0 fully saturated rings. The second-order valence-electron chi connectivity index (χ2n) is 3.58. The SMILES string of the molecule is Nn1c2c(c(=O)n(CCCl)c1=O)CCC2. The highest BCUT2D eigenvalue weighted by atomic mass is 35.5. The lowest BCUT2D eigenvalue weighted by atomic mass is 10.2. The summed E-state index contributed by atoms with van der Waals surface area (Å²) in [5.74, 6) is 5.87. The van der Waals surface area contributed by atoms with E-state index in [0.717, 1.165) is 15.7 Å². The smallest absolute Gasteiger partial charge is 0.335 e. The molecule has 1 aliphatic carbocycles. The Morgan fingerprint density at radius 1 is 1.33 bits per heavy atom. The number of nitrogen functional groups attached to an aromatic ring is 1. The minimum Gasteiger partial charge on any atom is -0.335 e. The van der Waals surface area contributed by atoms with Gasteiger partial charge in [0.25, 0.3) is 5.56 Å². The third-order valence-corrected chi connectivity index (χ3v) is 2.90. The summed E-state index contributed by atoms with van der Waals surface area (Å²) in [7, 11) is 0. The molecule has 0 saturated carbocycles. The fourth-order valence-electron chi connectivity index (χ4n) is 2.00. The van der Waals surface area contributed by atoms with Crippen molar-refractivity contribution >= 4 is 11.6 Å². The summed E-state index contributed by atoms with van der Waals surface area (Å²) in [6.45, 7) is 0.212. The molecule has 6 heteroatoms. The van der Waals surface area contributed by atoms with Crippen molar-refractivity contribution in [1.82, 2.24) is 9.24 Å². The Morgan fingerprint density at radius 3 is 2.73 bits per heavy atom. The molecule has 0 amide bonds. The number of rotatable bonds is 2. The Balaban J connectivity index is 2.74. The number of hydrogen-bond donors (Lipinski definition) is 1. The van der Waals surface area contributed by atoms with Crippen LogP contribution in [-0.4, -0.2) is 15.1 Å². The van der Waals surface area contributed by atoms with Crippen LogP contribution in [0.3, 0.4) is 0 Å². The second kappa shape index (κ2) is 3.73. The molecular weight excluding hydrogens is 218 g/mol. The molecular formula is C9H12ClN3O2. The zero-order valence-electron chi connectivity index (χ0n) is 8.20. The first kappa shape index (κ1) is 10.3. The summed E-state index contributed by atoms with van der Waals surface area (Å²) in [4.78, 5) is 23.5. The van der Waals surface area contributed by atoms with Gasteiger partial charge >= 0.3 is 5.69 Å². The molecule has 0 unspecified atom stereocenters. The minimum atomic E-state index is -0.471. The first-order valence-electron chi connectivity index (χ1n) is 4.85. The maximum Gasteiger partial charge on any atom is 0.349 e. The predicted octanol–water partition coefficient (Wildman–Crippen LogP) is -0.549. The van der Waals surface area contributed by atoms with Crippen LogP contribution < -0.4 is 17.1 Å². The van der Waals surface area contributed by atoms with Gasteiger partial charge in [-0.2, -0.15) is 0 Å². The Morgan fingerprint density at radius 2 is 2.07 bits per heavy atom. The largest absolute Gasteiger partial charge is 0.349 e. The monoisotopic (exact) mass is 229 g/mol. The molecule has 1 aromatic heterocycles. The molecule has 2 rings (SSSR count). The average molecular weight is 230 g/mol. The van der Waals surface area contributed by atoms with E-state index in [2.05, 4.69) is 0 Å². The van der Waals surface area contributed by atoms with Gasteiger partial charge in [-0.25, -0.2) is 9.47 Å². The summed E-state index contributed by atoms with van der Waals surface area (Å²) < 4.78 is 2.19. The molecule has 0 bridgehead atoms. The Labute approximate surface area is 91.0 Å². The summed E-state index contributed by atoms with van der Waals surface area (Å²) in [6.07, 6.45) is 2.29. The molecule has 1 aromatic rings. The van der Waals surface area contributed by atoms with Crippen molar-refractivity contribution in [2.24, 2.45) is 0 Å². The van der Waals surface area contributed by atoms with Gasteiger partial charge in [-0.1, -0.05) is 0 Å². The van der Waals surface area contributed by atoms with Gasteiger partial charge in [0.2, 0.25) is 0 Å². The van der Waals surface area contributed by atoms with E-state index in [9.17, 15) is 9.59 Å². The standard InChI is InChI=1S/C9H12ClN3O2/c10-4-5-12-8(14)6-2-1-3-7(6)13(11)9(12)15/h1-5,11H2. The normalized spacial score (nSPS) is 14.2. The first-order valence-corrected chi connectivity index (χ1v) is 5.39. The number of nitrogens with zero attached hydrogens (tertiary/aromatic N) is 2. The van der Waals surface area contributed by atoms with Gasteiger partial charge < -0.3 is 5.84 Å². The predicted molar refractivity (Wildman–Crippen MR) is 57.9 cm³/mol. The van der Waals surface area contributed by atoms with Crippen molar-refractivity contribution in [2.75, 3.05) is 11.7 Å². The molecule has 0 saturated heterocycles. The zero-order chi connectivity index (χ0) is 11.0. The Kier molecular flexibility index (Phi) is 2.56. The number of hydrogen-bond acceptors (Lipinski definition) is 3. The highest BCUT2D eigenvalue weighted by Crippen LogP contribution is 2.15. The van der Waals surface area contributed by atoms with Crippen molar-refractivity contribution in [3.63, 3.8) is 0 Å². The van der Waals surface area contributed by atoms with Crippen LogP contribution >= 0.6 is 11.6 Å². The van der Waals surface area contributed by atoms with E-state index in [0.29, 0.717) is 24.1 Å². The molecule has 0 atom stereocenters. The van der Waals surface area contributed by atoms with Gasteiger partial charge in [0.1, 0.15) is 0 Å². The van der Waals surface area contributed by atoms with Crippen LogP contribution in [0.2, 0.25) is 0 Å². The van der Waals surface area contributed by atoms with E-state index in [-0.39, 0.29) is 18.0 Å². The van der Waals surface area contributed by atoms with Crippen molar-refractivity contribution < 1.29 is 0 Å². The zero-order valence-corrected chi connectivity index (χ0v) is 8.96. The van der Waals surface area contributed by atoms with Crippen LogP contribution in [0.4, 0.5) is 0 Å². The van der Waals surface area contributed by atoms with Crippen LogP contribution in [0.1, 0.15) is 17.7 Å². The molecule has 0 aliphatic heterocycles. The molecule has 0 aromatic carbocycles. The molecule has 5 nitrogen and oxygen atoms in total. The average Bonchev–Trinajstić information content (AvgIpc) is 2.70. The van der Waals surface area contributed by atoms with E-state index < -0.39 is 5.69 Å². The van der Waals surface area contributed by atoms with Gasteiger partial charge in [-0.05, 0) is 19.3 Å². The summed E-state index contributed by atoms with van der Waals surface area (Å²) in [5.41, 5.74) is 0.647. The number of fused-ring (bicyclic) bond motifs is 1. The second-order valence-corrected chi connectivity index (χ2v) is 3.96. The lowest BCUT2D eigenvalue weighted by Crippen LogP contribution is -2.45. The molecule has 1 heterocycles. The lowest BCUT2D eigenvalue weighted by Gasteiger charge is -2.10. The number of alkyl halides is 1. The summed E-state index contributed by atoms with van der Waals surface area (Å²) in [6, 6.07) is 0. The molecule has 0 spiro atoms. The lowest BCUT2D eigenvalue weighted by molar-refractivity contribution is 0.622. The minimum absolute atomic E-state index is 0.212. The van der Waals surface area contributed by atoms with E-state index in [1.54, 1.807) is 0 Å². The fraction of sp³-hybridized carbons (Fsp3) is 0.556. The topological polar surface area (TPSA) is 70.0 Å². The molecule has 82 valence electrons. The van der Waals surface area contributed by atoms with Crippen molar-refractivity contribution in [3.8, 4) is 0 Å². The number of aromatic nitrogens is 2. The third-order valence-electron chi connectivity index (χ3n) is 2.73. The number of halogens is 1. The van der Waals surface area contributed by atoms with Gasteiger partial charge in [0, 0.05) is 18.0 Å². The summed E-state index contributed by atoms with van der Waals surface area (Å²) in [5, 5.41) is 0. The third kappa shape index (κ3) is 1.47. The van der Waals surface area contributed by atoms with Gasteiger partial charge in [-0.15, -0.1) is 11.6 Å². The van der Waals surface area contributed by atoms with Gasteiger partial charge in [0.15, 0.2) is 0 Å². The maximum absolute atomic E-state index is 11.9. The van der Waals surface area contributed by atoms with E-state index in [4.69, 9.17) is 17.4 Å². The van der Waals surface area contributed by atoms with Crippen molar-refractivity contribution in [1.29, 1.82) is 0 Å². The summed E-state index contributed by atoms with van der Waals surface area (Å²) >= 11 is 5.53. The molecule has 1 aliphatic rings. The van der Waals surface area contributed by atoms with Gasteiger partial charge in [0.05, 0.1) is 5.69 Å². The number of nitrogens with two attached hydrogens (primary N) is 1. The van der Waals surface area contributed by atoms with E-state index in [1.165, 1.54) is 0 Å². The highest BCUT2D eigenvalue weighted by Gasteiger charge is 2.21. The van der Waals surface area contributed by atoms with Gasteiger partial charge in [-0.3, -0.25) is 9.36 Å². The fourth-order valence-corrected chi connectivity index (χ4v) is 2.17. The maximum atomic E-state index is 11.9. The van der Waals surface area contributed by atoms with Crippen molar-refractivity contribution in [3.05, 3.63) is 32.1 Å². The highest BCUT2D eigenvalue weighted by molar-refractivity contribution is 6.17. The van der Waals surface area contributed by atoms with E-state index in [1.807, 2.05) is 0 Å². The van der Waals surface area contributed by atoms with Crippen LogP contribution in [0.15, 0.2) is 9.59 Å². The molecule has 2 N–H and O–H groups in total.